The molecule has 0 aliphatic carbocycles. The maximum Gasteiger partial charge on any atom is 0.188 e. The Morgan fingerprint density at radius 2 is 2.19 bits per heavy atom. The van der Waals surface area contributed by atoms with Gasteiger partial charge < -0.3 is 4.74 Å². The molecule has 0 fully saturated rings. The van der Waals surface area contributed by atoms with E-state index in [1.165, 1.54) is 0 Å². The molecule has 0 amide bonds. The fourth-order valence-electron chi connectivity index (χ4n) is 1.27. The Labute approximate surface area is 99.0 Å². The van der Waals surface area contributed by atoms with Gasteiger partial charge in [-0.05, 0) is 29.8 Å². The van der Waals surface area contributed by atoms with Crippen LogP contribution in [0.3, 0.4) is 0 Å². The number of nitrogens with zero attached hydrogens (tertiary/aromatic N) is 3. The van der Waals surface area contributed by atoms with Crippen LogP contribution in [-0.4, -0.2) is 36.4 Å². The first-order valence-electron chi connectivity index (χ1n) is 4.87. The lowest BCUT2D eigenvalue weighted by molar-refractivity contribution is 0.350. The number of hydrogen-bond donors (Lipinski definition) is 0. The standard InChI is InChI=1S/C11H13N3OS/c1-14-11(16-8-13-14)12-7-9-3-5-10(15-2)6-4-9/h3-8,11H,1-2H3/b12-7+. The van der Waals surface area contributed by atoms with Gasteiger partial charge in [0.05, 0.1) is 12.7 Å². The second-order valence-electron chi connectivity index (χ2n) is 3.31. The van der Waals surface area contributed by atoms with E-state index in [9.17, 15) is 0 Å². The molecule has 0 saturated heterocycles. The van der Waals surface area contributed by atoms with Crippen molar-refractivity contribution in [3.63, 3.8) is 0 Å². The molecule has 1 heterocycles. The van der Waals surface area contributed by atoms with Gasteiger partial charge in [0, 0.05) is 13.3 Å². The summed E-state index contributed by atoms with van der Waals surface area (Å²) in [6.07, 6.45) is 1.85. The van der Waals surface area contributed by atoms with Crippen molar-refractivity contribution >= 4 is 23.5 Å². The minimum atomic E-state index is 0.0575. The van der Waals surface area contributed by atoms with Gasteiger partial charge in [-0.15, -0.1) is 0 Å². The molecular weight excluding hydrogens is 222 g/mol. The SMILES string of the molecule is COc1ccc(/C=N/C2SC=NN2C)cc1. The molecular formula is C11H13N3OS. The third kappa shape index (κ3) is 2.55. The van der Waals surface area contributed by atoms with Crippen molar-refractivity contribution in [1.82, 2.24) is 5.01 Å². The molecule has 1 aliphatic heterocycles. The fourth-order valence-corrected chi connectivity index (χ4v) is 1.95. The average molecular weight is 235 g/mol. The predicted molar refractivity (Wildman–Crippen MR) is 68.2 cm³/mol. The van der Waals surface area contributed by atoms with Crippen LogP contribution in [0.25, 0.3) is 0 Å². The van der Waals surface area contributed by atoms with Crippen LogP contribution in [0.15, 0.2) is 34.4 Å². The number of aliphatic imine (C=N–C) groups is 1. The molecule has 1 aromatic carbocycles. The summed E-state index contributed by atoms with van der Waals surface area (Å²) in [6, 6.07) is 7.79. The van der Waals surface area contributed by atoms with E-state index in [0.717, 1.165) is 11.3 Å². The van der Waals surface area contributed by atoms with E-state index in [4.69, 9.17) is 4.74 Å². The summed E-state index contributed by atoms with van der Waals surface area (Å²) < 4.78 is 5.09. The van der Waals surface area contributed by atoms with Gasteiger partial charge in [0.1, 0.15) is 5.75 Å². The van der Waals surface area contributed by atoms with Crippen LogP contribution >= 0.6 is 11.8 Å². The molecule has 2 rings (SSSR count). The summed E-state index contributed by atoms with van der Waals surface area (Å²) in [5, 5.41) is 5.92. The molecule has 1 atom stereocenters. The smallest absolute Gasteiger partial charge is 0.188 e. The number of hydrogen-bond acceptors (Lipinski definition) is 5. The second kappa shape index (κ2) is 5.03. The average Bonchev–Trinajstić information content (AvgIpc) is 2.73. The number of rotatable bonds is 3. The van der Waals surface area contributed by atoms with Crippen molar-refractivity contribution < 1.29 is 4.74 Å². The Morgan fingerprint density at radius 1 is 1.44 bits per heavy atom. The summed E-state index contributed by atoms with van der Waals surface area (Å²) in [4.78, 5) is 4.43. The maximum atomic E-state index is 5.09. The highest BCUT2D eigenvalue weighted by atomic mass is 32.2. The van der Waals surface area contributed by atoms with Crippen molar-refractivity contribution in [3.8, 4) is 5.75 Å². The van der Waals surface area contributed by atoms with Crippen LogP contribution in [0.5, 0.6) is 5.75 Å². The summed E-state index contributed by atoms with van der Waals surface area (Å²) in [5.74, 6) is 0.854. The topological polar surface area (TPSA) is 37.2 Å². The van der Waals surface area contributed by atoms with Crippen molar-refractivity contribution in [3.05, 3.63) is 29.8 Å². The van der Waals surface area contributed by atoms with Gasteiger partial charge in [0.25, 0.3) is 0 Å². The quantitative estimate of drug-likeness (QED) is 0.752. The molecule has 0 spiro atoms. The molecule has 0 aromatic heterocycles. The highest BCUT2D eigenvalue weighted by Crippen LogP contribution is 2.19. The van der Waals surface area contributed by atoms with Crippen LogP contribution in [-0.2, 0) is 0 Å². The third-order valence-electron chi connectivity index (χ3n) is 2.20. The Kier molecular flexibility index (Phi) is 3.46. The van der Waals surface area contributed by atoms with E-state index < -0.39 is 0 Å². The molecule has 1 aromatic rings. The van der Waals surface area contributed by atoms with Gasteiger partial charge in [0.15, 0.2) is 5.50 Å². The third-order valence-corrected chi connectivity index (χ3v) is 3.08. The minimum Gasteiger partial charge on any atom is -0.497 e. The first-order valence-corrected chi connectivity index (χ1v) is 5.82. The molecule has 1 aliphatic rings. The summed E-state index contributed by atoms with van der Waals surface area (Å²) in [6.45, 7) is 0. The zero-order chi connectivity index (χ0) is 11.4. The largest absolute Gasteiger partial charge is 0.497 e. The van der Waals surface area contributed by atoms with Gasteiger partial charge >= 0.3 is 0 Å². The summed E-state index contributed by atoms with van der Waals surface area (Å²) >= 11 is 1.59. The molecule has 84 valence electrons. The van der Waals surface area contributed by atoms with Crippen LogP contribution in [0.4, 0.5) is 0 Å². The van der Waals surface area contributed by atoms with E-state index in [-0.39, 0.29) is 5.50 Å². The van der Waals surface area contributed by atoms with Gasteiger partial charge in [-0.3, -0.25) is 10.0 Å². The van der Waals surface area contributed by atoms with Crippen LogP contribution < -0.4 is 4.74 Å². The van der Waals surface area contributed by atoms with Crippen LogP contribution in [0.1, 0.15) is 5.56 Å². The normalized spacial score (nSPS) is 19.6. The van der Waals surface area contributed by atoms with E-state index >= 15 is 0 Å². The zero-order valence-corrected chi connectivity index (χ0v) is 10.0. The van der Waals surface area contributed by atoms with Crippen molar-refractivity contribution in [1.29, 1.82) is 0 Å². The second-order valence-corrected chi connectivity index (χ2v) is 4.21. The van der Waals surface area contributed by atoms with Gasteiger partial charge in [-0.25, -0.2) is 0 Å². The summed E-state index contributed by atoms with van der Waals surface area (Å²) in [5.41, 5.74) is 2.92. The van der Waals surface area contributed by atoms with E-state index in [1.807, 2.05) is 42.5 Å². The van der Waals surface area contributed by atoms with Crippen molar-refractivity contribution in [2.24, 2.45) is 10.1 Å². The van der Waals surface area contributed by atoms with Crippen LogP contribution in [0, 0.1) is 0 Å². The number of thioether (sulfide) groups is 1. The number of hydrazone groups is 1. The first kappa shape index (κ1) is 11.0. The van der Waals surface area contributed by atoms with Crippen LogP contribution in [0.2, 0.25) is 0 Å². The molecule has 16 heavy (non-hydrogen) atoms. The minimum absolute atomic E-state index is 0.0575. The highest BCUT2D eigenvalue weighted by Gasteiger charge is 2.14. The predicted octanol–water partition coefficient (Wildman–Crippen LogP) is 2.02. The Hall–Kier alpha value is -1.49. The first-order chi connectivity index (χ1) is 7.79. The van der Waals surface area contributed by atoms with Gasteiger partial charge in [-0.2, -0.15) is 5.10 Å². The number of methoxy groups -OCH3 is 1. The Balaban J connectivity index is 2.00. The molecule has 0 saturated carbocycles. The highest BCUT2D eigenvalue weighted by molar-refractivity contribution is 8.12. The lowest BCUT2D eigenvalue weighted by Crippen LogP contribution is -2.17. The van der Waals surface area contributed by atoms with Crippen molar-refractivity contribution in [2.45, 2.75) is 5.50 Å². The fraction of sp³-hybridized carbons (Fsp3) is 0.273. The van der Waals surface area contributed by atoms with E-state index in [1.54, 1.807) is 24.4 Å². The Bertz CT molecular complexity index is 402. The molecule has 0 radical (unpaired) electrons. The molecule has 0 bridgehead atoms. The Morgan fingerprint density at radius 3 is 2.75 bits per heavy atom. The van der Waals surface area contributed by atoms with Crippen molar-refractivity contribution in [2.75, 3.05) is 14.2 Å². The lowest BCUT2D eigenvalue weighted by atomic mass is 10.2. The van der Waals surface area contributed by atoms with E-state index in [0.29, 0.717) is 0 Å². The number of benzene rings is 1. The van der Waals surface area contributed by atoms with Gasteiger partial charge in [-0.1, -0.05) is 11.8 Å². The van der Waals surface area contributed by atoms with E-state index in [2.05, 4.69) is 10.1 Å². The summed E-state index contributed by atoms with van der Waals surface area (Å²) in [7, 11) is 3.57. The zero-order valence-electron chi connectivity index (χ0n) is 9.20. The molecule has 0 N–H and O–H groups in total. The maximum absolute atomic E-state index is 5.09. The lowest BCUT2D eigenvalue weighted by Gasteiger charge is -2.12. The molecule has 4 nitrogen and oxygen atoms in total. The van der Waals surface area contributed by atoms with Gasteiger partial charge in [0.2, 0.25) is 0 Å². The molecule has 1 unspecified atom stereocenters. The number of ether oxygens (including phenoxy) is 1. The monoisotopic (exact) mass is 235 g/mol. The molecule has 5 heteroatoms.